The first-order valence-electron chi connectivity index (χ1n) is 17.2. The van der Waals surface area contributed by atoms with Crippen LogP contribution in [0, 0.1) is 0 Å². The van der Waals surface area contributed by atoms with E-state index in [1.54, 1.807) is 80.6 Å². The molecule has 1 heterocycles. The molecule has 0 spiro atoms. The summed E-state index contributed by atoms with van der Waals surface area (Å²) in [7, 11) is 0. The number of hydrogen-bond donors (Lipinski definition) is 3. The summed E-state index contributed by atoms with van der Waals surface area (Å²) in [5, 5.41) is 8.41. The molecule has 0 unspecified atom stereocenters. The maximum absolute atomic E-state index is 13.7. The molecule has 4 aromatic rings. The van der Waals surface area contributed by atoms with E-state index in [0.717, 1.165) is 38.1 Å². The van der Waals surface area contributed by atoms with Crippen LogP contribution in [0.15, 0.2) is 97.1 Å². The van der Waals surface area contributed by atoms with Crippen LogP contribution in [0.1, 0.15) is 53.7 Å². The Morgan fingerprint density at radius 1 is 0.750 bits per heavy atom. The molecule has 1 aliphatic rings. The van der Waals surface area contributed by atoms with E-state index in [1.165, 1.54) is 12.1 Å². The molecule has 12 heteroatoms. The van der Waals surface area contributed by atoms with Gasteiger partial charge in [0, 0.05) is 31.7 Å². The summed E-state index contributed by atoms with van der Waals surface area (Å²) in [6.07, 6.45) is -2.76. The smallest absolute Gasteiger partial charge is 0.416 e. The fraction of sp³-hybridized carbons (Fsp3) is 0.300. The molecule has 9 nitrogen and oxygen atoms in total. The van der Waals surface area contributed by atoms with E-state index in [4.69, 9.17) is 4.74 Å². The predicted octanol–water partition coefficient (Wildman–Crippen LogP) is 6.52. The van der Waals surface area contributed by atoms with Crippen LogP contribution in [0.4, 0.5) is 24.5 Å². The Morgan fingerprint density at radius 3 is 1.98 bits per heavy atom. The first kappa shape index (κ1) is 37.6. The van der Waals surface area contributed by atoms with E-state index in [9.17, 15) is 32.3 Å². The van der Waals surface area contributed by atoms with Crippen LogP contribution in [0.25, 0.3) is 11.1 Å². The lowest BCUT2D eigenvalue weighted by atomic mass is 9.79. The van der Waals surface area contributed by atoms with Crippen LogP contribution in [0.5, 0.6) is 0 Å². The highest BCUT2D eigenvalue weighted by molar-refractivity contribution is 6.11. The molecule has 0 aromatic heterocycles. The number of nitrogens with zero attached hydrogens (tertiary/aromatic N) is 1. The second-order valence-electron chi connectivity index (χ2n) is 12.4. The maximum atomic E-state index is 13.7. The monoisotopic (exact) mass is 714 g/mol. The van der Waals surface area contributed by atoms with Gasteiger partial charge >= 0.3 is 12.1 Å². The third kappa shape index (κ3) is 8.44. The number of esters is 1. The van der Waals surface area contributed by atoms with Gasteiger partial charge < -0.3 is 25.6 Å². The second-order valence-corrected chi connectivity index (χ2v) is 12.4. The predicted molar refractivity (Wildman–Crippen MR) is 193 cm³/mol. The number of halogens is 3. The Hall–Kier alpha value is -5.65. The van der Waals surface area contributed by atoms with Crippen LogP contribution in [-0.2, 0) is 37.1 Å². The number of anilines is 2. The number of amides is 3. The van der Waals surface area contributed by atoms with E-state index in [2.05, 4.69) is 20.9 Å². The summed E-state index contributed by atoms with van der Waals surface area (Å²) >= 11 is 0. The van der Waals surface area contributed by atoms with Crippen LogP contribution >= 0.6 is 0 Å². The van der Waals surface area contributed by atoms with Gasteiger partial charge in [-0.2, -0.15) is 13.2 Å². The molecule has 5 rings (SSSR count). The molecule has 0 saturated carbocycles. The molecule has 3 N–H and O–H groups in total. The van der Waals surface area contributed by atoms with Crippen molar-refractivity contribution in [3.63, 3.8) is 0 Å². The minimum Gasteiger partial charge on any atom is -0.463 e. The summed E-state index contributed by atoms with van der Waals surface area (Å²) in [5.41, 5.74) is 0.806. The third-order valence-corrected chi connectivity index (χ3v) is 8.97. The lowest BCUT2D eigenvalue weighted by Gasteiger charge is -2.31. The summed E-state index contributed by atoms with van der Waals surface area (Å²) in [5.74, 6) is -2.27. The summed E-state index contributed by atoms with van der Waals surface area (Å²) in [4.78, 5) is 56.1. The summed E-state index contributed by atoms with van der Waals surface area (Å²) in [6.45, 7) is 4.96. The van der Waals surface area contributed by atoms with E-state index >= 15 is 0 Å². The van der Waals surface area contributed by atoms with Gasteiger partial charge in [-0.25, -0.2) is 0 Å². The van der Waals surface area contributed by atoms with E-state index in [0.29, 0.717) is 33.6 Å². The number of rotatable bonds is 13. The Kier molecular flexibility index (Phi) is 12.0. The third-order valence-electron chi connectivity index (χ3n) is 8.97. The number of benzene rings is 4. The van der Waals surface area contributed by atoms with E-state index < -0.39 is 47.5 Å². The standard InChI is InChI=1S/C40H41F3N4O5/c1-3-44-37(50)39(38(51)45-4-2,29-12-6-5-7-13-29)26-52-35(48)25-27-16-21-33(34(24-27)47-22-10-11-23-47)46-36(49)32-15-9-8-14-31(32)28-17-19-30(20-18-28)40(41,42)43/h5-9,12-21,24H,3-4,10-11,22-23,25-26H2,1-2H3,(H,44,50)(H,45,51)(H,46,49). The highest BCUT2D eigenvalue weighted by atomic mass is 19.4. The molecule has 0 bridgehead atoms. The van der Waals surface area contributed by atoms with Crippen molar-refractivity contribution in [1.82, 2.24) is 10.6 Å². The van der Waals surface area contributed by atoms with Gasteiger partial charge in [-0.1, -0.05) is 66.7 Å². The molecular formula is C40H41F3N4O5. The van der Waals surface area contributed by atoms with Gasteiger partial charge in [0.15, 0.2) is 5.41 Å². The lowest BCUT2D eigenvalue weighted by molar-refractivity contribution is -0.150. The molecule has 0 aliphatic carbocycles. The Bertz CT molecular complexity index is 1870. The minimum absolute atomic E-state index is 0.165. The topological polar surface area (TPSA) is 117 Å². The fourth-order valence-electron chi connectivity index (χ4n) is 6.31. The summed E-state index contributed by atoms with van der Waals surface area (Å²) < 4.78 is 45.2. The highest BCUT2D eigenvalue weighted by Crippen LogP contribution is 2.34. The zero-order chi connectivity index (χ0) is 37.3. The molecule has 1 saturated heterocycles. The van der Waals surface area contributed by atoms with Crippen LogP contribution in [0.2, 0.25) is 0 Å². The van der Waals surface area contributed by atoms with Crippen molar-refractivity contribution in [2.24, 2.45) is 0 Å². The van der Waals surface area contributed by atoms with Gasteiger partial charge in [-0.3, -0.25) is 19.2 Å². The van der Waals surface area contributed by atoms with Crippen molar-refractivity contribution in [3.05, 3.63) is 119 Å². The van der Waals surface area contributed by atoms with Gasteiger partial charge in [0.05, 0.1) is 23.4 Å². The molecule has 272 valence electrons. The van der Waals surface area contributed by atoms with Gasteiger partial charge in [-0.05, 0) is 79.3 Å². The largest absolute Gasteiger partial charge is 0.463 e. The average Bonchev–Trinajstić information content (AvgIpc) is 3.68. The van der Waals surface area contributed by atoms with Gasteiger partial charge in [0.25, 0.3) is 5.91 Å². The SMILES string of the molecule is CCNC(=O)C(COC(=O)Cc1ccc(NC(=O)c2ccccc2-c2ccc(C(F)(F)F)cc2)c(N2CCCC2)c1)(C(=O)NCC)c1ccccc1. The first-order chi connectivity index (χ1) is 25.0. The van der Waals surface area contributed by atoms with Crippen LogP contribution in [-0.4, -0.2) is 56.5 Å². The zero-order valence-electron chi connectivity index (χ0n) is 29.0. The first-order valence-corrected chi connectivity index (χ1v) is 17.2. The van der Waals surface area contributed by atoms with Crippen molar-refractivity contribution in [2.45, 2.75) is 44.7 Å². The Balaban J connectivity index is 1.37. The van der Waals surface area contributed by atoms with Gasteiger partial charge in [-0.15, -0.1) is 0 Å². The molecule has 0 radical (unpaired) electrons. The number of carbonyl (C=O) groups is 4. The molecular weight excluding hydrogens is 673 g/mol. The molecule has 4 aromatic carbocycles. The number of nitrogens with one attached hydrogen (secondary N) is 3. The van der Waals surface area contributed by atoms with Gasteiger partial charge in [0.1, 0.15) is 6.61 Å². The fourth-order valence-corrected chi connectivity index (χ4v) is 6.31. The lowest BCUT2D eigenvalue weighted by Crippen LogP contribution is -2.57. The van der Waals surface area contributed by atoms with Gasteiger partial charge in [0.2, 0.25) is 11.8 Å². The molecule has 1 fully saturated rings. The van der Waals surface area contributed by atoms with Crippen LogP contribution in [0.3, 0.4) is 0 Å². The van der Waals surface area contributed by atoms with E-state index in [-0.39, 0.29) is 25.1 Å². The van der Waals surface area contributed by atoms with E-state index in [1.807, 2.05) is 6.07 Å². The van der Waals surface area contributed by atoms with Crippen molar-refractivity contribution < 1.29 is 37.1 Å². The molecule has 1 aliphatic heterocycles. The van der Waals surface area contributed by atoms with Crippen molar-refractivity contribution in [3.8, 4) is 11.1 Å². The number of alkyl halides is 3. The number of carbonyl (C=O) groups excluding carboxylic acids is 4. The Morgan fingerprint density at radius 2 is 1.37 bits per heavy atom. The Labute approximate surface area is 300 Å². The quantitative estimate of drug-likeness (QED) is 0.107. The second kappa shape index (κ2) is 16.6. The minimum atomic E-state index is -4.48. The maximum Gasteiger partial charge on any atom is 0.416 e. The van der Waals surface area contributed by atoms with Crippen LogP contribution < -0.4 is 20.9 Å². The number of likely N-dealkylation sites (N-methyl/N-ethyl adjacent to an activating group) is 2. The highest BCUT2D eigenvalue weighted by Gasteiger charge is 2.48. The van der Waals surface area contributed by atoms with Crippen molar-refractivity contribution >= 4 is 35.1 Å². The summed E-state index contributed by atoms with van der Waals surface area (Å²) in [6, 6.07) is 25.0. The average molecular weight is 715 g/mol. The molecule has 0 atom stereocenters. The number of ether oxygens (including phenoxy) is 1. The van der Waals surface area contributed by atoms with Crippen molar-refractivity contribution in [1.29, 1.82) is 0 Å². The number of hydrogen-bond acceptors (Lipinski definition) is 6. The normalized spacial score (nSPS) is 13.0. The molecule has 52 heavy (non-hydrogen) atoms. The van der Waals surface area contributed by atoms with Crippen molar-refractivity contribution in [2.75, 3.05) is 43.0 Å². The molecule has 3 amide bonds. The zero-order valence-corrected chi connectivity index (χ0v) is 29.0.